The summed E-state index contributed by atoms with van der Waals surface area (Å²) in [4.78, 5) is 35.0. The number of nitrogens with one attached hydrogen (secondary N) is 1. The molecule has 5 rings (SSSR count). The van der Waals surface area contributed by atoms with Crippen molar-refractivity contribution in [1.82, 2.24) is 14.9 Å². The van der Waals surface area contributed by atoms with E-state index >= 15 is 0 Å². The SMILES string of the molecule is O=C1c2ccccc2C(=O)N1C(c1cccc(Br)c1)c1ccc2nc[nH]c2c1. The molecule has 6 heteroatoms. The Labute approximate surface area is 169 Å². The molecule has 1 atom stereocenters. The van der Waals surface area contributed by atoms with Crippen LogP contribution in [-0.4, -0.2) is 26.7 Å². The van der Waals surface area contributed by atoms with Gasteiger partial charge in [0.15, 0.2) is 0 Å². The van der Waals surface area contributed by atoms with Crippen molar-refractivity contribution in [2.75, 3.05) is 0 Å². The maximum absolute atomic E-state index is 13.2. The van der Waals surface area contributed by atoms with Crippen molar-refractivity contribution < 1.29 is 9.59 Å². The number of carbonyl (C=O) groups excluding carboxylic acids is 2. The van der Waals surface area contributed by atoms with Gasteiger partial charge in [-0.25, -0.2) is 4.98 Å². The van der Waals surface area contributed by atoms with Crippen molar-refractivity contribution >= 4 is 38.8 Å². The van der Waals surface area contributed by atoms with E-state index in [2.05, 4.69) is 25.9 Å². The number of amides is 2. The van der Waals surface area contributed by atoms with Crippen LogP contribution in [0.15, 0.2) is 77.5 Å². The van der Waals surface area contributed by atoms with Crippen LogP contribution in [0.2, 0.25) is 0 Å². The van der Waals surface area contributed by atoms with Crippen molar-refractivity contribution in [3.63, 3.8) is 0 Å². The van der Waals surface area contributed by atoms with Crippen LogP contribution in [-0.2, 0) is 0 Å². The molecule has 1 N–H and O–H groups in total. The number of carbonyl (C=O) groups is 2. The van der Waals surface area contributed by atoms with E-state index in [9.17, 15) is 9.59 Å². The van der Waals surface area contributed by atoms with Crippen LogP contribution in [0.4, 0.5) is 0 Å². The number of aromatic nitrogens is 2. The third-order valence-electron chi connectivity index (χ3n) is 5.01. The largest absolute Gasteiger partial charge is 0.345 e. The Hall–Kier alpha value is -3.25. The van der Waals surface area contributed by atoms with E-state index in [1.807, 2.05) is 42.5 Å². The predicted octanol–water partition coefficient (Wildman–Crippen LogP) is 4.71. The lowest BCUT2D eigenvalue weighted by Gasteiger charge is -2.27. The quantitative estimate of drug-likeness (QED) is 0.477. The number of halogens is 1. The maximum atomic E-state index is 13.2. The van der Waals surface area contributed by atoms with E-state index in [1.54, 1.807) is 30.6 Å². The molecule has 5 nitrogen and oxygen atoms in total. The Balaban J connectivity index is 1.71. The lowest BCUT2D eigenvalue weighted by atomic mass is 9.96. The first-order valence-electron chi connectivity index (χ1n) is 8.79. The zero-order valence-corrected chi connectivity index (χ0v) is 16.2. The average Bonchev–Trinajstić information content (AvgIpc) is 3.27. The number of benzene rings is 3. The fraction of sp³-hybridized carbons (Fsp3) is 0.0455. The molecule has 2 heterocycles. The molecule has 1 unspecified atom stereocenters. The van der Waals surface area contributed by atoms with Gasteiger partial charge in [0.05, 0.1) is 34.5 Å². The first-order valence-corrected chi connectivity index (χ1v) is 9.58. The van der Waals surface area contributed by atoms with Crippen LogP contribution < -0.4 is 0 Å². The van der Waals surface area contributed by atoms with E-state index in [0.29, 0.717) is 11.1 Å². The van der Waals surface area contributed by atoms with Gasteiger partial charge >= 0.3 is 0 Å². The number of hydrogen-bond acceptors (Lipinski definition) is 3. The van der Waals surface area contributed by atoms with Gasteiger partial charge < -0.3 is 4.98 Å². The predicted molar refractivity (Wildman–Crippen MR) is 109 cm³/mol. The Kier molecular flexibility index (Phi) is 3.87. The van der Waals surface area contributed by atoms with Crippen molar-refractivity contribution in [2.45, 2.75) is 6.04 Å². The van der Waals surface area contributed by atoms with E-state index in [1.165, 1.54) is 4.90 Å². The Morgan fingerprint density at radius 2 is 1.57 bits per heavy atom. The molecule has 2 amide bonds. The summed E-state index contributed by atoms with van der Waals surface area (Å²) >= 11 is 3.50. The van der Waals surface area contributed by atoms with Gasteiger partial charge in [0.1, 0.15) is 0 Å². The van der Waals surface area contributed by atoms with Crippen LogP contribution in [0.1, 0.15) is 37.9 Å². The first kappa shape index (κ1) is 16.9. The van der Waals surface area contributed by atoms with Gasteiger partial charge in [0.2, 0.25) is 0 Å². The number of aromatic amines is 1. The molecule has 0 saturated carbocycles. The third-order valence-corrected chi connectivity index (χ3v) is 5.50. The lowest BCUT2D eigenvalue weighted by Crippen LogP contribution is -2.34. The summed E-state index contributed by atoms with van der Waals surface area (Å²) in [5.74, 6) is -0.564. The molecule has 0 fully saturated rings. The van der Waals surface area contributed by atoms with E-state index < -0.39 is 6.04 Å². The molecule has 1 aliphatic rings. The van der Waals surface area contributed by atoms with Crippen molar-refractivity contribution in [3.05, 3.63) is 99.8 Å². The van der Waals surface area contributed by atoms with E-state index in [0.717, 1.165) is 26.6 Å². The first-order chi connectivity index (χ1) is 13.6. The molecule has 28 heavy (non-hydrogen) atoms. The summed E-state index contributed by atoms with van der Waals surface area (Å²) in [6, 6.07) is 19.8. The molecule has 0 bridgehead atoms. The molecule has 0 saturated heterocycles. The summed E-state index contributed by atoms with van der Waals surface area (Å²) in [7, 11) is 0. The molecule has 0 spiro atoms. The minimum Gasteiger partial charge on any atom is -0.345 e. The number of imide groups is 1. The fourth-order valence-corrected chi connectivity index (χ4v) is 4.15. The van der Waals surface area contributed by atoms with Gasteiger partial charge in [0, 0.05) is 4.47 Å². The summed E-state index contributed by atoms with van der Waals surface area (Å²) in [6.45, 7) is 0. The highest BCUT2D eigenvalue weighted by molar-refractivity contribution is 9.10. The van der Waals surface area contributed by atoms with Crippen LogP contribution in [0.25, 0.3) is 11.0 Å². The van der Waals surface area contributed by atoms with Gasteiger partial charge in [-0.1, -0.05) is 46.3 Å². The number of hydrogen-bond donors (Lipinski definition) is 1. The van der Waals surface area contributed by atoms with E-state index in [4.69, 9.17) is 0 Å². The summed E-state index contributed by atoms with van der Waals surface area (Å²) in [6.07, 6.45) is 1.63. The molecule has 1 aromatic heterocycles. The minimum atomic E-state index is -0.544. The zero-order valence-electron chi connectivity index (χ0n) is 14.6. The van der Waals surface area contributed by atoms with Crippen molar-refractivity contribution in [2.24, 2.45) is 0 Å². The number of rotatable bonds is 3. The zero-order chi connectivity index (χ0) is 19.3. The second-order valence-corrected chi connectivity index (χ2v) is 7.58. The van der Waals surface area contributed by atoms with Crippen molar-refractivity contribution in [3.8, 4) is 0 Å². The second-order valence-electron chi connectivity index (χ2n) is 6.66. The highest BCUT2D eigenvalue weighted by atomic mass is 79.9. The summed E-state index contributed by atoms with van der Waals surface area (Å²) < 4.78 is 0.884. The van der Waals surface area contributed by atoms with Crippen LogP contribution in [0, 0.1) is 0 Å². The van der Waals surface area contributed by atoms with Gasteiger partial charge in [0.25, 0.3) is 11.8 Å². The Morgan fingerprint density at radius 1 is 0.857 bits per heavy atom. The van der Waals surface area contributed by atoms with Gasteiger partial charge in [-0.2, -0.15) is 0 Å². The normalized spacial score (nSPS) is 14.5. The van der Waals surface area contributed by atoms with Crippen molar-refractivity contribution in [1.29, 1.82) is 0 Å². The average molecular weight is 432 g/mol. The highest BCUT2D eigenvalue weighted by Gasteiger charge is 2.41. The Bertz CT molecular complexity index is 1210. The molecule has 1 aliphatic heterocycles. The van der Waals surface area contributed by atoms with Gasteiger partial charge in [-0.05, 0) is 47.5 Å². The van der Waals surface area contributed by atoms with Crippen LogP contribution in [0.5, 0.6) is 0 Å². The molecule has 136 valence electrons. The molecular formula is C22H14BrN3O2. The van der Waals surface area contributed by atoms with Gasteiger partial charge in [-0.3, -0.25) is 14.5 Å². The number of nitrogens with zero attached hydrogens (tertiary/aromatic N) is 2. The minimum absolute atomic E-state index is 0.282. The summed E-state index contributed by atoms with van der Waals surface area (Å²) in [5.41, 5.74) is 4.26. The van der Waals surface area contributed by atoms with Crippen LogP contribution >= 0.6 is 15.9 Å². The number of imidazole rings is 1. The molecule has 4 aromatic rings. The van der Waals surface area contributed by atoms with Crippen LogP contribution in [0.3, 0.4) is 0 Å². The topological polar surface area (TPSA) is 66.1 Å². The standard InChI is InChI=1S/C22H14BrN3O2/c23-15-5-3-4-13(10-15)20(14-8-9-18-19(11-14)25-12-24-18)26-21(27)16-6-1-2-7-17(16)22(26)28/h1-12,20H,(H,24,25). The highest BCUT2D eigenvalue weighted by Crippen LogP contribution is 2.37. The van der Waals surface area contributed by atoms with Gasteiger partial charge in [-0.15, -0.1) is 0 Å². The fourth-order valence-electron chi connectivity index (χ4n) is 3.73. The molecule has 0 radical (unpaired) electrons. The second kappa shape index (κ2) is 6.42. The number of H-pyrrole nitrogens is 1. The monoisotopic (exact) mass is 431 g/mol. The molecule has 0 aliphatic carbocycles. The maximum Gasteiger partial charge on any atom is 0.262 e. The molecule has 3 aromatic carbocycles. The lowest BCUT2D eigenvalue weighted by molar-refractivity contribution is 0.0608. The smallest absolute Gasteiger partial charge is 0.262 e. The summed E-state index contributed by atoms with van der Waals surface area (Å²) in [5, 5.41) is 0. The third kappa shape index (κ3) is 2.57. The van der Waals surface area contributed by atoms with E-state index in [-0.39, 0.29) is 11.8 Å². The number of fused-ring (bicyclic) bond motifs is 2. The molecular weight excluding hydrogens is 418 g/mol. The Morgan fingerprint density at radius 3 is 2.29 bits per heavy atom.